The molecule has 1 spiro atoms. The molecule has 0 saturated heterocycles. The number of rotatable bonds is 2. The summed E-state index contributed by atoms with van der Waals surface area (Å²) in [6, 6.07) is 81.9. The highest BCUT2D eigenvalue weighted by Gasteiger charge is 2.52. The van der Waals surface area contributed by atoms with Gasteiger partial charge in [-0.3, -0.25) is 0 Å². The molecule has 14 aromatic rings. The predicted molar refractivity (Wildman–Crippen MR) is 354 cm³/mol. The molecule has 0 atom stereocenters. The Morgan fingerprint density at radius 1 is 0.253 bits per heavy atom. The number of hydrogen-bond acceptors (Lipinski definition) is 0. The summed E-state index contributed by atoms with van der Waals surface area (Å²) in [5.41, 5.74) is 29.0. The van der Waals surface area contributed by atoms with E-state index < -0.39 is 5.41 Å². The topological polar surface area (TPSA) is 0 Å². The van der Waals surface area contributed by atoms with E-state index in [9.17, 15) is 0 Å². The monoisotopic (exact) mass is 1060 g/mol. The van der Waals surface area contributed by atoms with Crippen LogP contribution in [0.4, 0.5) is 0 Å². The first-order chi connectivity index (χ1) is 39.9. The van der Waals surface area contributed by atoms with Crippen LogP contribution in [0.15, 0.2) is 206 Å². The molecule has 0 bridgehead atoms. The minimum Gasteiger partial charge on any atom is -0.0619 e. The second kappa shape index (κ2) is 15.4. The molecule has 0 aromatic heterocycles. The highest BCUT2D eigenvalue weighted by molar-refractivity contribution is 6.28. The van der Waals surface area contributed by atoms with Gasteiger partial charge in [0.25, 0.3) is 0 Å². The highest BCUT2D eigenvalue weighted by Crippen LogP contribution is 2.64. The third kappa shape index (κ3) is 5.97. The van der Waals surface area contributed by atoms with E-state index in [-0.39, 0.29) is 21.7 Å². The van der Waals surface area contributed by atoms with Crippen molar-refractivity contribution in [3.8, 4) is 66.8 Å². The van der Waals surface area contributed by atoms with Gasteiger partial charge in [0.2, 0.25) is 0 Å². The third-order valence-electron chi connectivity index (χ3n) is 21.2. The quantitative estimate of drug-likeness (QED) is 0.151. The lowest BCUT2D eigenvalue weighted by Crippen LogP contribution is -2.26. The lowest BCUT2D eigenvalue weighted by Gasteiger charge is -2.31. The molecule has 0 unspecified atom stereocenters. The molecule has 0 amide bonds. The fourth-order valence-corrected chi connectivity index (χ4v) is 16.9. The van der Waals surface area contributed by atoms with E-state index in [0.29, 0.717) is 0 Å². The van der Waals surface area contributed by atoms with Gasteiger partial charge in [-0.25, -0.2) is 0 Å². The minimum absolute atomic E-state index is 0.0750. The molecule has 0 saturated carbocycles. The number of hydrogen-bond donors (Lipinski definition) is 0. The summed E-state index contributed by atoms with van der Waals surface area (Å²) in [7, 11) is 0. The Bertz CT molecular complexity index is 4900. The smallest absolute Gasteiger partial charge is 0.0619 e. The second-order valence-electron chi connectivity index (χ2n) is 28.4. The average molecular weight is 1060 g/mol. The van der Waals surface area contributed by atoms with Crippen molar-refractivity contribution in [3.63, 3.8) is 0 Å². The fourth-order valence-electron chi connectivity index (χ4n) is 16.9. The molecule has 0 radical (unpaired) electrons. The summed E-state index contributed by atoms with van der Waals surface area (Å²) in [5.74, 6) is 0. The Balaban J connectivity index is 0.780. The van der Waals surface area contributed by atoms with Crippen LogP contribution >= 0.6 is 0 Å². The van der Waals surface area contributed by atoms with Gasteiger partial charge in [0.05, 0.1) is 5.41 Å². The van der Waals surface area contributed by atoms with E-state index in [4.69, 9.17) is 0 Å². The van der Waals surface area contributed by atoms with Crippen molar-refractivity contribution >= 4 is 64.6 Å². The molecular formula is C83H64. The molecule has 0 fully saturated rings. The van der Waals surface area contributed by atoms with E-state index in [1.54, 1.807) is 0 Å². The van der Waals surface area contributed by atoms with Crippen molar-refractivity contribution in [1.29, 1.82) is 0 Å². The lowest BCUT2D eigenvalue weighted by molar-refractivity contribution is 0.591. The molecule has 14 aromatic carbocycles. The van der Waals surface area contributed by atoms with Crippen LogP contribution < -0.4 is 0 Å². The van der Waals surface area contributed by atoms with Gasteiger partial charge < -0.3 is 0 Å². The van der Waals surface area contributed by atoms with Crippen molar-refractivity contribution in [2.75, 3.05) is 0 Å². The van der Waals surface area contributed by atoms with Crippen molar-refractivity contribution < 1.29 is 0 Å². The van der Waals surface area contributed by atoms with Crippen LogP contribution in [-0.4, -0.2) is 0 Å². The van der Waals surface area contributed by atoms with Crippen LogP contribution in [0.3, 0.4) is 0 Å². The summed E-state index contributed by atoms with van der Waals surface area (Å²) in [6.07, 6.45) is 0. The van der Waals surface area contributed by atoms with Gasteiger partial charge in [-0.15, -0.1) is 0 Å². The lowest BCUT2D eigenvalue weighted by atomic mass is 9.70. The maximum absolute atomic E-state index is 2.57. The molecule has 0 heteroatoms. The zero-order valence-corrected chi connectivity index (χ0v) is 49.1. The highest BCUT2D eigenvalue weighted by atomic mass is 14.5. The maximum atomic E-state index is 2.57. The normalized spacial score (nSPS) is 15.6. The van der Waals surface area contributed by atoms with Gasteiger partial charge in [-0.1, -0.05) is 239 Å². The molecule has 0 N–H and O–H groups in total. The second-order valence-corrected chi connectivity index (χ2v) is 28.4. The van der Waals surface area contributed by atoms with Crippen molar-refractivity contribution in [3.05, 3.63) is 262 Å². The van der Waals surface area contributed by atoms with Gasteiger partial charge in [0.1, 0.15) is 0 Å². The van der Waals surface area contributed by atoms with E-state index in [1.807, 2.05) is 0 Å². The Hall–Kier alpha value is -8.84. The van der Waals surface area contributed by atoms with E-state index >= 15 is 0 Å². The average Bonchev–Trinajstić information content (AvgIpc) is 1.58. The first-order valence-corrected chi connectivity index (χ1v) is 30.2. The van der Waals surface area contributed by atoms with Crippen molar-refractivity contribution in [1.82, 2.24) is 0 Å². The minimum atomic E-state index is -0.503. The van der Waals surface area contributed by atoms with Crippen LogP contribution in [0, 0.1) is 0 Å². The Morgan fingerprint density at radius 2 is 0.566 bits per heavy atom. The molecule has 18 rings (SSSR count). The summed E-state index contributed by atoms with van der Waals surface area (Å²) in [5, 5.41) is 16.3. The first kappa shape index (κ1) is 47.8. The van der Waals surface area contributed by atoms with Crippen LogP contribution in [-0.2, 0) is 27.1 Å². The molecule has 0 nitrogen and oxygen atoms in total. The molecule has 4 aliphatic rings. The van der Waals surface area contributed by atoms with Crippen molar-refractivity contribution in [2.24, 2.45) is 0 Å². The summed E-state index contributed by atoms with van der Waals surface area (Å²) in [6.45, 7) is 23.7. The summed E-state index contributed by atoms with van der Waals surface area (Å²) >= 11 is 0. The molecule has 396 valence electrons. The van der Waals surface area contributed by atoms with Gasteiger partial charge in [-0.2, -0.15) is 0 Å². The van der Waals surface area contributed by atoms with Crippen LogP contribution in [0.25, 0.3) is 131 Å². The molecule has 0 heterocycles. The van der Waals surface area contributed by atoms with Crippen LogP contribution in [0.2, 0.25) is 0 Å². The van der Waals surface area contributed by atoms with Crippen LogP contribution in [0.5, 0.6) is 0 Å². The van der Waals surface area contributed by atoms with E-state index in [1.165, 1.54) is 187 Å². The van der Waals surface area contributed by atoms with Crippen molar-refractivity contribution in [2.45, 2.75) is 96.3 Å². The Labute approximate surface area is 486 Å². The van der Waals surface area contributed by atoms with E-state index in [0.717, 1.165) is 0 Å². The van der Waals surface area contributed by atoms with Gasteiger partial charge in [0.15, 0.2) is 0 Å². The van der Waals surface area contributed by atoms with Gasteiger partial charge >= 0.3 is 0 Å². The first-order valence-electron chi connectivity index (χ1n) is 30.2. The summed E-state index contributed by atoms with van der Waals surface area (Å²) in [4.78, 5) is 0. The fraction of sp³-hybridized carbons (Fsp3) is 0.181. The number of benzene rings is 14. The maximum Gasteiger partial charge on any atom is 0.0725 e. The number of fused-ring (bicyclic) bond motifs is 18. The Morgan fingerprint density at radius 3 is 0.940 bits per heavy atom. The zero-order chi connectivity index (χ0) is 56.2. The zero-order valence-electron chi connectivity index (χ0n) is 49.1. The molecule has 0 aliphatic heterocycles. The van der Waals surface area contributed by atoms with Gasteiger partial charge in [0, 0.05) is 10.8 Å². The molecular weight excluding hydrogens is 997 g/mol. The molecule has 83 heavy (non-hydrogen) atoms. The standard InChI is InChI=1S/C83H64/c1-79(2,3)55-35-49-19-21-53-43-71-77(63-33-27-51(37-55)73(49)75(53)63)61-31-25-45(39-67(61)81(71,7)8)47-23-29-59-57-15-11-13-17-65(57)83(69(59)41-47)66-18-14-12-16-58(66)60-30-24-48(42-70(60)83)46-26-32-62-68(40-46)82(9,10)72-44-54-22-20-50-36-56(80(4,5)6)38-52-28-34-64(78(62)72)76(54)74(50)52/h11-44H,1-10H3. The van der Waals surface area contributed by atoms with E-state index in [2.05, 4.69) is 275 Å². The predicted octanol–water partition coefficient (Wildman–Crippen LogP) is 22.4. The third-order valence-corrected chi connectivity index (χ3v) is 21.2. The SMILES string of the molecule is CC(C)(C)c1cc2ccc3cc4c(c5ccc(c1)c2c35)-c1ccc(-c2ccc3c(c2)C2(c5ccccc5-3)c3ccccc3-c3ccc(-c5ccc6c(c5)C(C)(C)c5cc7ccc8cc(C(C)(C)C)cc9ccc(c5-6)c7c89)cc32)cc1C4(C)C. The molecule has 4 aliphatic carbocycles. The summed E-state index contributed by atoms with van der Waals surface area (Å²) < 4.78 is 0. The Kier molecular flexibility index (Phi) is 8.88. The van der Waals surface area contributed by atoms with Gasteiger partial charge in [-0.05, 0) is 234 Å². The largest absolute Gasteiger partial charge is 0.0725 e. The van der Waals surface area contributed by atoms with Crippen LogP contribution in [0.1, 0.15) is 125 Å².